The first-order valence-corrected chi connectivity index (χ1v) is 5.93. The number of ketones is 1. The molecule has 0 bridgehead atoms. The first kappa shape index (κ1) is 13.8. The van der Waals surface area contributed by atoms with E-state index in [1.807, 2.05) is 20.8 Å². The third-order valence-corrected chi connectivity index (χ3v) is 2.54. The Morgan fingerprint density at radius 1 is 1.41 bits per heavy atom. The van der Waals surface area contributed by atoms with Crippen LogP contribution in [0.2, 0.25) is 0 Å². The van der Waals surface area contributed by atoms with Gasteiger partial charge < -0.3 is 4.74 Å². The summed E-state index contributed by atoms with van der Waals surface area (Å²) < 4.78 is 18.4. The van der Waals surface area contributed by atoms with Gasteiger partial charge in [-0.1, -0.05) is 26.0 Å². The van der Waals surface area contributed by atoms with Gasteiger partial charge in [-0.2, -0.15) is 0 Å². The maximum absolute atomic E-state index is 13.0. The lowest BCUT2D eigenvalue weighted by atomic mass is 9.98. The van der Waals surface area contributed by atoms with Crippen LogP contribution in [0.5, 0.6) is 0 Å². The van der Waals surface area contributed by atoms with E-state index in [2.05, 4.69) is 0 Å². The minimum absolute atomic E-state index is 0.00690. The largest absolute Gasteiger partial charge is 0.370 e. The van der Waals surface area contributed by atoms with Crippen molar-refractivity contribution in [3.05, 3.63) is 35.6 Å². The Hall–Kier alpha value is -1.22. The van der Waals surface area contributed by atoms with Crippen molar-refractivity contribution in [3.63, 3.8) is 0 Å². The highest BCUT2D eigenvalue weighted by Gasteiger charge is 2.22. The van der Waals surface area contributed by atoms with Gasteiger partial charge in [0.15, 0.2) is 5.78 Å². The molecule has 3 heteroatoms. The van der Waals surface area contributed by atoms with Gasteiger partial charge in [-0.15, -0.1) is 0 Å². The molecule has 1 atom stereocenters. The van der Waals surface area contributed by atoms with Gasteiger partial charge in [-0.3, -0.25) is 4.79 Å². The molecule has 1 rings (SSSR count). The van der Waals surface area contributed by atoms with Gasteiger partial charge in [0.25, 0.3) is 0 Å². The van der Waals surface area contributed by atoms with Crippen molar-refractivity contribution in [1.29, 1.82) is 0 Å². The Balaban J connectivity index is 2.69. The molecule has 94 valence electrons. The highest BCUT2D eigenvalue weighted by molar-refractivity contribution is 5.85. The Morgan fingerprint density at radius 2 is 2.12 bits per heavy atom. The van der Waals surface area contributed by atoms with E-state index in [0.717, 1.165) is 0 Å². The molecule has 2 nitrogen and oxygen atoms in total. The minimum atomic E-state index is -0.400. The maximum atomic E-state index is 13.0. The Labute approximate surface area is 102 Å². The number of ether oxygens (including phenoxy) is 1. The van der Waals surface area contributed by atoms with Crippen LogP contribution in [0.15, 0.2) is 24.3 Å². The Morgan fingerprint density at radius 3 is 2.65 bits per heavy atom. The first-order valence-electron chi connectivity index (χ1n) is 5.93. The van der Waals surface area contributed by atoms with Crippen LogP contribution >= 0.6 is 0 Å². The summed E-state index contributed by atoms with van der Waals surface area (Å²) in [4.78, 5) is 12.0. The van der Waals surface area contributed by atoms with Crippen molar-refractivity contribution in [1.82, 2.24) is 0 Å². The van der Waals surface area contributed by atoms with Crippen molar-refractivity contribution < 1.29 is 13.9 Å². The summed E-state index contributed by atoms with van der Waals surface area (Å²) >= 11 is 0. The Bertz CT molecular complexity index is 374. The number of halogens is 1. The van der Waals surface area contributed by atoms with Crippen LogP contribution in [0.25, 0.3) is 0 Å². The van der Waals surface area contributed by atoms with Crippen molar-refractivity contribution >= 4 is 5.78 Å². The van der Waals surface area contributed by atoms with Crippen LogP contribution in [-0.4, -0.2) is 18.5 Å². The van der Waals surface area contributed by atoms with Gasteiger partial charge in [0.1, 0.15) is 11.9 Å². The summed E-state index contributed by atoms with van der Waals surface area (Å²) in [6.07, 6.45) is -0.177. The molecule has 1 aromatic carbocycles. The zero-order chi connectivity index (χ0) is 12.8. The molecule has 0 aromatic heterocycles. The SMILES string of the molecule is CCOC(C(=O)Cc1cccc(F)c1)C(C)C. The fourth-order valence-electron chi connectivity index (χ4n) is 1.79. The molecule has 0 aliphatic rings. The van der Waals surface area contributed by atoms with Crippen molar-refractivity contribution in [2.24, 2.45) is 5.92 Å². The number of benzene rings is 1. The van der Waals surface area contributed by atoms with Crippen LogP contribution in [0.4, 0.5) is 4.39 Å². The molecule has 1 aromatic rings. The zero-order valence-corrected chi connectivity index (χ0v) is 10.6. The average molecular weight is 238 g/mol. The lowest BCUT2D eigenvalue weighted by Gasteiger charge is -2.19. The van der Waals surface area contributed by atoms with E-state index >= 15 is 0 Å². The smallest absolute Gasteiger partial charge is 0.166 e. The number of Topliss-reactive ketones (excluding diaryl/α,β-unsaturated/α-hetero) is 1. The van der Waals surface area contributed by atoms with Gasteiger partial charge in [0.05, 0.1) is 0 Å². The van der Waals surface area contributed by atoms with Gasteiger partial charge in [0.2, 0.25) is 0 Å². The van der Waals surface area contributed by atoms with E-state index in [4.69, 9.17) is 4.74 Å². The van der Waals surface area contributed by atoms with Crippen LogP contribution in [-0.2, 0) is 16.0 Å². The van der Waals surface area contributed by atoms with E-state index in [9.17, 15) is 9.18 Å². The minimum Gasteiger partial charge on any atom is -0.370 e. The predicted molar refractivity (Wildman–Crippen MR) is 65.4 cm³/mol. The second kappa shape index (κ2) is 6.50. The van der Waals surface area contributed by atoms with E-state index in [-0.39, 0.29) is 23.9 Å². The van der Waals surface area contributed by atoms with Crippen molar-refractivity contribution in [2.75, 3.05) is 6.61 Å². The number of hydrogen-bond donors (Lipinski definition) is 0. The summed E-state index contributed by atoms with van der Waals surface area (Å²) in [5.41, 5.74) is 0.695. The normalized spacial score (nSPS) is 12.8. The van der Waals surface area contributed by atoms with E-state index in [1.165, 1.54) is 12.1 Å². The van der Waals surface area contributed by atoms with Crippen LogP contribution in [0, 0.1) is 11.7 Å². The summed E-state index contributed by atoms with van der Waals surface area (Å²) in [5, 5.41) is 0. The molecule has 0 saturated carbocycles. The zero-order valence-electron chi connectivity index (χ0n) is 10.6. The fraction of sp³-hybridized carbons (Fsp3) is 0.500. The molecular formula is C14H19FO2. The Kier molecular flexibility index (Phi) is 5.29. The van der Waals surface area contributed by atoms with E-state index in [1.54, 1.807) is 12.1 Å². The average Bonchev–Trinajstić information content (AvgIpc) is 2.25. The summed E-state index contributed by atoms with van der Waals surface area (Å²) in [5.74, 6) is -0.170. The van der Waals surface area contributed by atoms with Crippen LogP contribution in [0.1, 0.15) is 26.3 Å². The second-order valence-corrected chi connectivity index (χ2v) is 4.39. The molecule has 0 radical (unpaired) electrons. The number of carbonyl (C=O) groups excluding carboxylic acids is 1. The monoisotopic (exact) mass is 238 g/mol. The van der Waals surface area contributed by atoms with E-state index in [0.29, 0.717) is 12.2 Å². The number of rotatable bonds is 6. The van der Waals surface area contributed by atoms with E-state index < -0.39 is 6.10 Å². The number of hydrogen-bond acceptors (Lipinski definition) is 2. The molecule has 0 N–H and O–H groups in total. The van der Waals surface area contributed by atoms with Crippen molar-refractivity contribution in [3.8, 4) is 0 Å². The molecule has 0 aliphatic heterocycles. The highest BCUT2D eigenvalue weighted by atomic mass is 19.1. The topological polar surface area (TPSA) is 26.3 Å². The number of carbonyl (C=O) groups is 1. The second-order valence-electron chi connectivity index (χ2n) is 4.39. The third kappa shape index (κ3) is 4.27. The molecule has 0 fully saturated rings. The molecule has 17 heavy (non-hydrogen) atoms. The fourth-order valence-corrected chi connectivity index (χ4v) is 1.79. The predicted octanol–water partition coefficient (Wildman–Crippen LogP) is 3.00. The maximum Gasteiger partial charge on any atom is 0.166 e. The highest BCUT2D eigenvalue weighted by Crippen LogP contribution is 2.12. The van der Waals surface area contributed by atoms with Gasteiger partial charge in [-0.05, 0) is 30.5 Å². The molecule has 0 spiro atoms. The van der Waals surface area contributed by atoms with Crippen molar-refractivity contribution in [2.45, 2.75) is 33.3 Å². The first-order chi connectivity index (χ1) is 8.04. The molecule has 0 saturated heterocycles. The molecular weight excluding hydrogens is 219 g/mol. The van der Waals surface area contributed by atoms with Crippen LogP contribution in [0.3, 0.4) is 0 Å². The lowest BCUT2D eigenvalue weighted by molar-refractivity contribution is -0.132. The summed E-state index contributed by atoms with van der Waals surface area (Å²) in [6, 6.07) is 6.13. The quantitative estimate of drug-likeness (QED) is 0.761. The molecule has 0 amide bonds. The van der Waals surface area contributed by atoms with Gasteiger partial charge >= 0.3 is 0 Å². The third-order valence-electron chi connectivity index (χ3n) is 2.54. The standard InChI is InChI=1S/C14H19FO2/c1-4-17-14(10(2)3)13(16)9-11-6-5-7-12(15)8-11/h5-8,10,14H,4,9H2,1-3H3. The molecule has 0 heterocycles. The lowest BCUT2D eigenvalue weighted by Crippen LogP contribution is -2.31. The molecule has 1 unspecified atom stereocenters. The summed E-state index contributed by atoms with van der Waals surface area (Å²) in [7, 11) is 0. The molecule has 0 aliphatic carbocycles. The summed E-state index contributed by atoms with van der Waals surface area (Å²) in [6.45, 7) is 6.27. The van der Waals surface area contributed by atoms with Gasteiger partial charge in [-0.25, -0.2) is 4.39 Å². The van der Waals surface area contributed by atoms with Crippen LogP contribution < -0.4 is 0 Å². The van der Waals surface area contributed by atoms with Gasteiger partial charge in [0, 0.05) is 13.0 Å².